The normalized spacial score (nSPS) is 12.1. The summed E-state index contributed by atoms with van der Waals surface area (Å²) in [6, 6.07) is 16.6. The van der Waals surface area contributed by atoms with E-state index in [1.54, 1.807) is 30.7 Å². The van der Waals surface area contributed by atoms with E-state index in [1.165, 1.54) is 0 Å². The Balaban J connectivity index is 1.27. The van der Waals surface area contributed by atoms with Crippen LogP contribution in [0.1, 0.15) is 12.8 Å². The fourth-order valence-electron chi connectivity index (χ4n) is 3.96. The van der Waals surface area contributed by atoms with E-state index in [4.69, 9.17) is 5.73 Å². The molecule has 0 radical (unpaired) electrons. The number of rotatable bonds is 7. The molecular weight excluding hydrogens is 424 g/mol. The quantitative estimate of drug-likeness (QED) is 0.370. The van der Waals surface area contributed by atoms with Gasteiger partial charge in [-0.1, -0.05) is 36.4 Å². The lowest BCUT2D eigenvalue weighted by atomic mass is 10.2. The van der Waals surface area contributed by atoms with Crippen LogP contribution in [-0.2, 0) is 16.6 Å². The number of fused-ring (bicyclic) bond motifs is 4. The molecule has 3 heterocycles. The number of hydrogen-bond acceptors (Lipinski definition) is 6. The molecule has 0 aliphatic rings. The van der Waals surface area contributed by atoms with Gasteiger partial charge in [0, 0.05) is 30.1 Å². The van der Waals surface area contributed by atoms with Gasteiger partial charge in [0.15, 0.2) is 5.82 Å². The molecule has 32 heavy (non-hydrogen) atoms. The summed E-state index contributed by atoms with van der Waals surface area (Å²) in [5.74, 6) is 0.411. The number of anilines is 1. The van der Waals surface area contributed by atoms with E-state index in [0.717, 1.165) is 28.2 Å². The van der Waals surface area contributed by atoms with Gasteiger partial charge in [0.2, 0.25) is 10.0 Å². The van der Waals surface area contributed by atoms with E-state index >= 15 is 0 Å². The summed E-state index contributed by atoms with van der Waals surface area (Å²) >= 11 is 0. The Labute approximate surface area is 185 Å². The minimum atomic E-state index is -3.65. The van der Waals surface area contributed by atoms with Gasteiger partial charge in [-0.3, -0.25) is 4.98 Å². The number of sulfonamides is 1. The number of pyridine rings is 2. The molecule has 8 nitrogen and oxygen atoms in total. The number of nitrogens with two attached hydrogens (primary N) is 1. The monoisotopic (exact) mass is 446 g/mol. The third-order valence-corrected chi connectivity index (χ3v) is 6.98. The molecule has 0 amide bonds. The molecule has 3 N–H and O–H groups in total. The molecule has 0 saturated carbocycles. The highest BCUT2D eigenvalue weighted by Crippen LogP contribution is 2.27. The number of hydrogen-bond donors (Lipinski definition) is 2. The van der Waals surface area contributed by atoms with Crippen molar-refractivity contribution in [1.29, 1.82) is 0 Å². The average molecular weight is 447 g/mol. The van der Waals surface area contributed by atoms with Gasteiger partial charge in [0.1, 0.15) is 10.4 Å². The van der Waals surface area contributed by atoms with E-state index in [2.05, 4.69) is 24.2 Å². The Morgan fingerprint density at radius 1 is 0.938 bits per heavy atom. The summed E-state index contributed by atoms with van der Waals surface area (Å²) in [5.41, 5.74) is 9.03. The fourth-order valence-corrected chi connectivity index (χ4v) is 5.21. The summed E-state index contributed by atoms with van der Waals surface area (Å²) in [6.07, 6.45) is 4.82. The van der Waals surface area contributed by atoms with Gasteiger partial charge in [0.25, 0.3) is 0 Å². The SMILES string of the molecule is Nc1nc2ccccc2c2c1ncn2CCCCNS(=O)(=O)c1cccc2cccnc12. The maximum Gasteiger partial charge on any atom is 0.242 e. The molecule has 9 heteroatoms. The number of benzene rings is 2. The number of unbranched alkanes of at least 4 members (excludes halogenated alkanes) is 1. The number of nitrogens with zero attached hydrogens (tertiary/aromatic N) is 4. The van der Waals surface area contributed by atoms with Gasteiger partial charge in [-0.15, -0.1) is 0 Å². The Kier molecular flexibility index (Phi) is 5.20. The largest absolute Gasteiger partial charge is 0.382 e. The van der Waals surface area contributed by atoms with Crippen LogP contribution in [0.15, 0.2) is 72.0 Å². The van der Waals surface area contributed by atoms with E-state index < -0.39 is 10.0 Å². The number of para-hydroxylation sites is 2. The molecule has 2 aromatic carbocycles. The minimum Gasteiger partial charge on any atom is -0.382 e. The van der Waals surface area contributed by atoms with Crippen molar-refractivity contribution in [3.05, 3.63) is 67.1 Å². The van der Waals surface area contributed by atoms with Crippen LogP contribution in [0.4, 0.5) is 5.82 Å². The highest BCUT2D eigenvalue weighted by molar-refractivity contribution is 7.89. The number of nitrogen functional groups attached to an aromatic ring is 1. The van der Waals surface area contributed by atoms with Crippen LogP contribution in [0.3, 0.4) is 0 Å². The highest BCUT2D eigenvalue weighted by atomic mass is 32.2. The van der Waals surface area contributed by atoms with E-state index in [1.807, 2.05) is 36.4 Å². The van der Waals surface area contributed by atoms with Crippen LogP contribution >= 0.6 is 0 Å². The molecule has 0 unspecified atom stereocenters. The number of imidazole rings is 1. The Morgan fingerprint density at radius 2 is 1.78 bits per heavy atom. The fraction of sp³-hybridized carbons (Fsp3) is 0.174. The van der Waals surface area contributed by atoms with Crippen molar-refractivity contribution >= 4 is 48.7 Å². The maximum atomic E-state index is 12.8. The number of aryl methyl sites for hydroxylation is 1. The average Bonchev–Trinajstić information content (AvgIpc) is 3.23. The van der Waals surface area contributed by atoms with Gasteiger partial charge in [0.05, 0.1) is 22.9 Å². The Morgan fingerprint density at radius 3 is 2.69 bits per heavy atom. The first-order chi connectivity index (χ1) is 15.5. The molecule has 5 rings (SSSR count). The highest BCUT2D eigenvalue weighted by Gasteiger charge is 2.17. The van der Waals surface area contributed by atoms with Gasteiger partial charge >= 0.3 is 0 Å². The Hall–Kier alpha value is -3.56. The third kappa shape index (κ3) is 3.65. The van der Waals surface area contributed by atoms with Crippen molar-refractivity contribution in [2.45, 2.75) is 24.3 Å². The maximum absolute atomic E-state index is 12.8. The minimum absolute atomic E-state index is 0.200. The predicted molar refractivity (Wildman–Crippen MR) is 126 cm³/mol. The molecule has 0 fully saturated rings. The van der Waals surface area contributed by atoms with E-state index in [0.29, 0.717) is 36.4 Å². The molecule has 162 valence electrons. The zero-order chi connectivity index (χ0) is 22.1. The second-order valence-electron chi connectivity index (χ2n) is 7.59. The van der Waals surface area contributed by atoms with Crippen molar-refractivity contribution in [3.8, 4) is 0 Å². The summed E-state index contributed by atoms with van der Waals surface area (Å²) in [6.45, 7) is 1.03. The van der Waals surface area contributed by atoms with Crippen LogP contribution in [0.2, 0.25) is 0 Å². The van der Waals surface area contributed by atoms with E-state index in [9.17, 15) is 8.42 Å². The first-order valence-electron chi connectivity index (χ1n) is 10.4. The van der Waals surface area contributed by atoms with Gasteiger partial charge < -0.3 is 10.3 Å². The summed E-state index contributed by atoms with van der Waals surface area (Å²) in [5, 5.41) is 1.79. The standard InChI is InChI=1S/C23H22N6O2S/c24-23-21-22(17-9-1-2-10-18(17)28-23)29(15-26-21)14-4-3-13-27-32(30,31)19-11-5-7-16-8-6-12-25-20(16)19/h1-2,5-12,15,27H,3-4,13-14H2,(H2,24,28). The zero-order valence-corrected chi connectivity index (χ0v) is 18.1. The summed E-state index contributed by atoms with van der Waals surface area (Å²) in [7, 11) is -3.65. The van der Waals surface area contributed by atoms with Crippen molar-refractivity contribution in [1.82, 2.24) is 24.2 Å². The van der Waals surface area contributed by atoms with Crippen LogP contribution in [0.25, 0.3) is 32.8 Å². The lowest BCUT2D eigenvalue weighted by molar-refractivity contribution is 0.569. The number of nitrogens with one attached hydrogen (secondary N) is 1. The van der Waals surface area contributed by atoms with Crippen LogP contribution in [0.5, 0.6) is 0 Å². The lowest BCUT2D eigenvalue weighted by Crippen LogP contribution is -2.25. The molecule has 0 aliphatic carbocycles. The van der Waals surface area contributed by atoms with Gasteiger partial charge in [-0.2, -0.15) is 0 Å². The zero-order valence-electron chi connectivity index (χ0n) is 17.3. The van der Waals surface area contributed by atoms with Crippen LogP contribution < -0.4 is 10.5 Å². The molecule has 5 aromatic rings. The first kappa shape index (κ1) is 20.3. The molecule has 3 aromatic heterocycles. The molecule has 0 spiro atoms. The van der Waals surface area contributed by atoms with Crippen molar-refractivity contribution in [2.75, 3.05) is 12.3 Å². The summed E-state index contributed by atoms with van der Waals surface area (Å²) < 4.78 is 30.4. The van der Waals surface area contributed by atoms with Crippen molar-refractivity contribution in [3.63, 3.8) is 0 Å². The lowest BCUT2D eigenvalue weighted by Gasteiger charge is -2.10. The topological polar surface area (TPSA) is 116 Å². The van der Waals surface area contributed by atoms with Gasteiger partial charge in [-0.05, 0) is 31.0 Å². The molecule has 0 aliphatic heterocycles. The first-order valence-corrected chi connectivity index (χ1v) is 11.9. The van der Waals surface area contributed by atoms with Crippen molar-refractivity contribution < 1.29 is 8.42 Å². The number of aromatic nitrogens is 4. The van der Waals surface area contributed by atoms with Crippen LogP contribution in [0, 0.1) is 0 Å². The van der Waals surface area contributed by atoms with Crippen LogP contribution in [-0.4, -0.2) is 34.5 Å². The smallest absolute Gasteiger partial charge is 0.242 e. The molecule has 0 bridgehead atoms. The predicted octanol–water partition coefficient (Wildman–Crippen LogP) is 3.47. The van der Waals surface area contributed by atoms with Gasteiger partial charge in [-0.25, -0.2) is 23.1 Å². The Bertz CT molecular complexity index is 1540. The van der Waals surface area contributed by atoms with Crippen molar-refractivity contribution in [2.24, 2.45) is 0 Å². The molecular formula is C23H22N6O2S. The molecule has 0 saturated heterocycles. The van der Waals surface area contributed by atoms with E-state index in [-0.39, 0.29) is 4.90 Å². The third-order valence-electron chi connectivity index (χ3n) is 5.48. The second-order valence-corrected chi connectivity index (χ2v) is 9.32. The summed E-state index contributed by atoms with van der Waals surface area (Å²) in [4.78, 5) is 13.3. The second kappa shape index (κ2) is 8.18. The molecule has 0 atom stereocenters.